The molecule has 14 heavy (non-hydrogen) atoms. The van der Waals surface area contributed by atoms with Crippen LogP contribution in [0.2, 0.25) is 0 Å². The van der Waals surface area contributed by atoms with Gasteiger partial charge in [-0.25, -0.2) is 4.79 Å². The Balaban J connectivity index is 1.75. The Morgan fingerprint density at radius 3 is 3.14 bits per heavy atom. The van der Waals surface area contributed by atoms with Gasteiger partial charge in [0.25, 0.3) is 0 Å². The summed E-state index contributed by atoms with van der Waals surface area (Å²) in [5.41, 5.74) is 1.05. The van der Waals surface area contributed by atoms with Gasteiger partial charge in [0.1, 0.15) is 0 Å². The van der Waals surface area contributed by atoms with E-state index in [4.69, 9.17) is 4.74 Å². The molecule has 0 radical (unpaired) electrons. The molecule has 0 aromatic carbocycles. The van der Waals surface area contributed by atoms with Crippen molar-refractivity contribution in [3.63, 3.8) is 0 Å². The van der Waals surface area contributed by atoms with Crippen LogP contribution in [0.15, 0.2) is 22.9 Å². The van der Waals surface area contributed by atoms with Crippen LogP contribution in [0, 0.1) is 5.92 Å². The minimum Gasteiger partial charge on any atom is -0.462 e. The van der Waals surface area contributed by atoms with Gasteiger partial charge in [0, 0.05) is 6.08 Å². The summed E-state index contributed by atoms with van der Waals surface area (Å²) >= 11 is 1.62. The number of esters is 1. The third-order valence-corrected chi connectivity index (χ3v) is 2.81. The Kier molecular flexibility index (Phi) is 2.99. The molecule has 1 saturated carbocycles. The molecule has 0 spiro atoms. The number of hydrogen-bond acceptors (Lipinski definition) is 3. The Hall–Kier alpha value is -1.09. The molecule has 1 aliphatic rings. The van der Waals surface area contributed by atoms with E-state index in [-0.39, 0.29) is 5.97 Å². The molecule has 1 aromatic rings. The van der Waals surface area contributed by atoms with Crippen molar-refractivity contribution in [2.24, 2.45) is 5.92 Å². The molecular weight excluding hydrogens is 196 g/mol. The van der Waals surface area contributed by atoms with Gasteiger partial charge >= 0.3 is 5.97 Å². The summed E-state index contributed by atoms with van der Waals surface area (Å²) in [6.45, 7) is 0.590. The van der Waals surface area contributed by atoms with Crippen molar-refractivity contribution in [1.29, 1.82) is 0 Å². The molecule has 2 rings (SSSR count). The maximum Gasteiger partial charge on any atom is 0.330 e. The van der Waals surface area contributed by atoms with E-state index in [0.29, 0.717) is 12.5 Å². The third-order valence-electron chi connectivity index (χ3n) is 2.11. The molecule has 3 heteroatoms. The van der Waals surface area contributed by atoms with E-state index in [1.807, 2.05) is 16.8 Å². The van der Waals surface area contributed by atoms with Crippen molar-refractivity contribution in [2.75, 3.05) is 6.61 Å². The van der Waals surface area contributed by atoms with Crippen LogP contribution in [0.3, 0.4) is 0 Å². The van der Waals surface area contributed by atoms with Crippen LogP contribution in [0.25, 0.3) is 6.08 Å². The standard InChI is InChI=1S/C11H12O2S/c12-11(13-7-9-1-2-9)4-3-10-5-6-14-8-10/h3-6,8-9H,1-2,7H2. The monoisotopic (exact) mass is 208 g/mol. The van der Waals surface area contributed by atoms with E-state index in [1.54, 1.807) is 17.4 Å². The van der Waals surface area contributed by atoms with E-state index < -0.39 is 0 Å². The van der Waals surface area contributed by atoms with Gasteiger partial charge in [-0.15, -0.1) is 0 Å². The third kappa shape index (κ3) is 3.00. The summed E-state index contributed by atoms with van der Waals surface area (Å²) in [6, 6.07) is 1.97. The average molecular weight is 208 g/mol. The molecule has 0 aliphatic heterocycles. The molecule has 1 heterocycles. The molecule has 1 fully saturated rings. The van der Waals surface area contributed by atoms with E-state index in [1.165, 1.54) is 18.9 Å². The van der Waals surface area contributed by atoms with E-state index >= 15 is 0 Å². The molecular formula is C11H12O2S. The Bertz CT molecular complexity index is 323. The van der Waals surface area contributed by atoms with Crippen LogP contribution in [0.1, 0.15) is 18.4 Å². The Morgan fingerprint density at radius 2 is 2.50 bits per heavy atom. The number of carbonyl (C=O) groups is 1. The van der Waals surface area contributed by atoms with Gasteiger partial charge in [0.2, 0.25) is 0 Å². The zero-order valence-corrected chi connectivity index (χ0v) is 8.63. The first-order valence-electron chi connectivity index (χ1n) is 4.71. The Morgan fingerprint density at radius 1 is 1.64 bits per heavy atom. The van der Waals surface area contributed by atoms with Crippen LogP contribution in [0.5, 0.6) is 0 Å². The van der Waals surface area contributed by atoms with Gasteiger partial charge in [0.05, 0.1) is 6.61 Å². The predicted molar refractivity (Wildman–Crippen MR) is 57.0 cm³/mol. The van der Waals surface area contributed by atoms with E-state index in [9.17, 15) is 4.79 Å². The minimum atomic E-state index is -0.233. The lowest BCUT2D eigenvalue weighted by Gasteiger charge is -1.97. The first-order chi connectivity index (χ1) is 6.84. The zero-order valence-electron chi connectivity index (χ0n) is 7.81. The molecule has 0 unspecified atom stereocenters. The number of hydrogen-bond donors (Lipinski definition) is 0. The molecule has 0 N–H and O–H groups in total. The van der Waals surface area contributed by atoms with Crippen molar-refractivity contribution < 1.29 is 9.53 Å². The highest BCUT2D eigenvalue weighted by atomic mass is 32.1. The largest absolute Gasteiger partial charge is 0.462 e. The SMILES string of the molecule is O=C(C=Cc1ccsc1)OCC1CC1. The number of ether oxygens (including phenoxy) is 1. The van der Waals surface area contributed by atoms with Crippen molar-refractivity contribution >= 4 is 23.4 Å². The topological polar surface area (TPSA) is 26.3 Å². The summed E-state index contributed by atoms with van der Waals surface area (Å²) in [5.74, 6) is 0.400. The van der Waals surface area contributed by atoms with Gasteiger partial charge in [0.15, 0.2) is 0 Å². The summed E-state index contributed by atoms with van der Waals surface area (Å²) in [7, 11) is 0. The van der Waals surface area contributed by atoms with Crippen LogP contribution in [-0.2, 0) is 9.53 Å². The second kappa shape index (κ2) is 4.42. The van der Waals surface area contributed by atoms with Gasteiger partial charge < -0.3 is 4.74 Å². The lowest BCUT2D eigenvalue weighted by atomic mass is 10.3. The number of carbonyl (C=O) groups excluding carboxylic acids is 1. The summed E-state index contributed by atoms with van der Waals surface area (Å²) < 4.78 is 5.04. The number of rotatable bonds is 4. The highest BCUT2D eigenvalue weighted by Gasteiger charge is 2.22. The predicted octanol–water partition coefficient (Wildman–Crippen LogP) is 2.71. The molecule has 2 nitrogen and oxygen atoms in total. The lowest BCUT2D eigenvalue weighted by molar-refractivity contribution is -0.138. The van der Waals surface area contributed by atoms with Crippen LogP contribution in [0.4, 0.5) is 0 Å². The maximum atomic E-state index is 11.2. The fourth-order valence-electron chi connectivity index (χ4n) is 1.07. The highest BCUT2D eigenvalue weighted by molar-refractivity contribution is 7.08. The fourth-order valence-corrected chi connectivity index (χ4v) is 1.70. The smallest absolute Gasteiger partial charge is 0.330 e. The van der Waals surface area contributed by atoms with Crippen LogP contribution >= 0.6 is 11.3 Å². The van der Waals surface area contributed by atoms with Crippen molar-refractivity contribution in [1.82, 2.24) is 0 Å². The summed E-state index contributed by atoms with van der Waals surface area (Å²) in [4.78, 5) is 11.2. The second-order valence-corrected chi connectivity index (χ2v) is 4.24. The van der Waals surface area contributed by atoms with Gasteiger partial charge in [-0.3, -0.25) is 0 Å². The van der Waals surface area contributed by atoms with Crippen LogP contribution in [-0.4, -0.2) is 12.6 Å². The number of thiophene rings is 1. The highest BCUT2D eigenvalue weighted by Crippen LogP contribution is 2.28. The molecule has 1 aliphatic carbocycles. The van der Waals surface area contributed by atoms with Gasteiger partial charge in [-0.2, -0.15) is 11.3 Å². The first-order valence-corrected chi connectivity index (χ1v) is 5.66. The molecule has 0 bridgehead atoms. The first kappa shape index (κ1) is 9.46. The molecule has 74 valence electrons. The van der Waals surface area contributed by atoms with E-state index in [0.717, 1.165) is 5.56 Å². The van der Waals surface area contributed by atoms with Gasteiger partial charge in [-0.1, -0.05) is 0 Å². The molecule has 0 saturated heterocycles. The quantitative estimate of drug-likeness (QED) is 0.561. The zero-order chi connectivity index (χ0) is 9.80. The average Bonchev–Trinajstić information content (AvgIpc) is 2.87. The van der Waals surface area contributed by atoms with Crippen molar-refractivity contribution in [2.45, 2.75) is 12.8 Å². The van der Waals surface area contributed by atoms with Crippen molar-refractivity contribution in [3.05, 3.63) is 28.5 Å². The van der Waals surface area contributed by atoms with Crippen molar-refractivity contribution in [3.8, 4) is 0 Å². The van der Waals surface area contributed by atoms with Gasteiger partial charge in [-0.05, 0) is 47.2 Å². The van der Waals surface area contributed by atoms with E-state index in [2.05, 4.69) is 0 Å². The summed E-state index contributed by atoms with van der Waals surface area (Å²) in [6.07, 6.45) is 5.69. The lowest BCUT2D eigenvalue weighted by Crippen LogP contribution is -2.03. The summed E-state index contributed by atoms with van der Waals surface area (Å²) in [5, 5.41) is 3.97. The second-order valence-electron chi connectivity index (χ2n) is 3.46. The molecule has 0 amide bonds. The molecule has 1 aromatic heterocycles. The normalized spacial score (nSPS) is 16.0. The fraction of sp³-hybridized carbons (Fsp3) is 0.364. The Labute approximate surface area is 87.2 Å². The molecule has 0 atom stereocenters. The van der Waals surface area contributed by atoms with Crippen LogP contribution < -0.4 is 0 Å². The maximum absolute atomic E-state index is 11.2. The minimum absolute atomic E-state index is 0.233.